The Kier molecular flexibility index (Phi) is 4.85. The van der Waals surface area contributed by atoms with Crippen molar-refractivity contribution in [1.82, 2.24) is 10.2 Å². The minimum absolute atomic E-state index is 0.0664. The largest absolute Gasteiger partial charge is 0.311 e. The predicted molar refractivity (Wildman–Crippen MR) is 76.0 cm³/mol. The maximum absolute atomic E-state index is 6.26. The van der Waals surface area contributed by atoms with Crippen molar-refractivity contribution in [3.63, 3.8) is 0 Å². The molecule has 1 unspecified atom stereocenters. The Morgan fingerprint density at radius 3 is 2.29 bits per heavy atom. The standard InChI is InChI=1S/C13H20Cl2N2/c1-13(2,17(4)5)12(16-3)10-8-9(14)6-7-11(10)15/h6-8,12,16H,1-5H3. The maximum Gasteiger partial charge on any atom is 0.0514 e. The summed E-state index contributed by atoms with van der Waals surface area (Å²) in [5, 5.41) is 4.77. The molecule has 0 aliphatic heterocycles. The summed E-state index contributed by atoms with van der Waals surface area (Å²) >= 11 is 12.3. The number of nitrogens with zero attached hydrogens (tertiary/aromatic N) is 1. The van der Waals surface area contributed by atoms with Crippen LogP contribution in [0.2, 0.25) is 10.0 Å². The number of nitrogens with one attached hydrogen (secondary N) is 1. The van der Waals surface area contributed by atoms with Crippen LogP contribution in [0.5, 0.6) is 0 Å². The summed E-state index contributed by atoms with van der Waals surface area (Å²) in [5.74, 6) is 0. The van der Waals surface area contributed by atoms with Crippen molar-refractivity contribution in [2.24, 2.45) is 0 Å². The van der Waals surface area contributed by atoms with Crippen LogP contribution < -0.4 is 5.32 Å². The van der Waals surface area contributed by atoms with Crippen molar-refractivity contribution < 1.29 is 0 Å². The first-order valence-corrected chi connectivity index (χ1v) is 6.36. The molecular weight excluding hydrogens is 255 g/mol. The van der Waals surface area contributed by atoms with Gasteiger partial charge in [0.25, 0.3) is 0 Å². The first-order chi connectivity index (χ1) is 7.80. The highest BCUT2D eigenvalue weighted by Crippen LogP contribution is 2.34. The van der Waals surface area contributed by atoms with E-state index < -0.39 is 0 Å². The highest BCUT2D eigenvalue weighted by Gasteiger charge is 2.33. The van der Waals surface area contributed by atoms with Crippen LogP contribution in [0.1, 0.15) is 25.5 Å². The van der Waals surface area contributed by atoms with Crippen LogP contribution >= 0.6 is 23.2 Å². The molecule has 4 heteroatoms. The van der Waals surface area contributed by atoms with E-state index >= 15 is 0 Å². The van der Waals surface area contributed by atoms with Crippen molar-refractivity contribution in [3.05, 3.63) is 33.8 Å². The molecule has 0 bridgehead atoms. The fourth-order valence-corrected chi connectivity index (χ4v) is 2.29. The third-order valence-electron chi connectivity index (χ3n) is 3.42. The van der Waals surface area contributed by atoms with E-state index in [1.807, 2.05) is 25.2 Å². The lowest BCUT2D eigenvalue weighted by Gasteiger charge is -2.40. The van der Waals surface area contributed by atoms with E-state index in [0.717, 1.165) is 10.6 Å². The molecule has 0 aromatic heterocycles. The monoisotopic (exact) mass is 274 g/mol. The Morgan fingerprint density at radius 1 is 1.24 bits per heavy atom. The number of hydrogen-bond acceptors (Lipinski definition) is 2. The Morgan fingerprint density at radius 2 is 1.82 bits per heavy atom. The first kappa shape index (κ1) is 14.8. The van der Waals surface area contributed by atoms with Gasteiger partial charge in [-0.2, -0.15) is 0 Å². The van der Waals surface area contributed by atoms with Crippen LogP contribution in [0.4, 0.5) is 0 Å². The second-order valence-corrected chi connectivity index (χ2v) is 5.78. The molecule has 0 spiro atoms. The molecule has 96 valence electrons. The molecule has 0 amide bonds. The van der Waals surface area contributed by atoms with Gasteiger partial charge in [0.1, 0.15) is 0 Å². The fraction of sp³-hybridized carbons (Fsp3) is 0.538. The van der Waals surface area contributed by atoms with E-state index in [2.05, 4.69) is 38.2 Å². The fourth-order valence-electron chi connectivity index (χ4n) is 1.88. The number of likely N-dealkylation sites (N-methyl/N-ethyl adjacent to an activating group) is 2. The van der Waals surface area contributed by atoms with Gasteiger partial charge in [0, 0.05) is 15.6 Å². The summed E-state index contributed by atoms with van der Waals surface area (Å²) < 4.78 is 0. The number of rotatable bonds is 4. The molecule has 0 saturated heterocycles. The highest BCUT2D eigenvalue weighted by atomic mass is 35.5. The number of halogens is 2. The summed E-state index contributed by atoms with van der Waals surface area (Å²) in [4.78, 5) is 2.17. The normalized spacial score (nSPS) is 14.1. The topological polar surface area (TPSA) is 15.3 Å². The minimum atomic E-state index is -0.0664. The van der Waals surface area contributed by atoms with Crippen LogP contribution in [-0.2, 0) is 0 Å². The Balaban J connectivity index is 3.22. The molecule has 0 fully saturated rings. The number of hydrogen-bond donors (Lipinski definition) is 1. The summed E-state index contributed by atoms with van der Waals surface area (Å²) in [6, 6.07) is 5.69. The third kappa shape index (κ3) is 3.14. The highest BCUT2D eigenvalue weighted by molar-refractivity contribution is 6.33. The van der Waals surface area contributed by atoms with Gasteiger partial charge in [-0.05, 0) is 58.8 Å². The molecule has 1 aromatic carbocycles. The van der Waals surface area contributed by atoms with Crippen molar-refractivity contribution >= 4 is 23.2 Å². The van der Waals surface area contributed by atoms with E-state index in [4.69, 9.17) is 23.2 Å². The van der Waals surface area contributed by atoms with Crippen molar-refractivity contribution in [3.8, 4) is 0 Å². The van der Waals surface area contributed by atoms with Crippen LogP contribution in [-0.4, -0.2) is 31.6 Å². The number of benzene rings is 1. The zero-order valence-electron chi connectivity index (χ0n) is 11.0. The molecule has 0 saturated carbocycles. The second-order valence-electron chi connectivity index (χ2n) is 4.94. The molecular formula is C13H20Cl2N2. The van der Waals surface area contributed by atoms with Gasteiger partial charge in [0.05, 0.1) is 6.04 Å². The SMILES string of the molecule is CNC(c1cc(Cl)ccc1Cl)C(C)(C)N(C)C. The van der Waals surface area contributed by atoms with Crippen LogP contribution in [0.25, 0.3) is 0 Å². The van der Waals surface area contributed by atoms with Crippen molar-refractivity contribution in [2.75, 3.05) is 21.1 Å². The summed E-state index contributed by atoms with van der Waals surface area (Å²) in [5.41, 5.74) is 0.962. The maximum atomic E-state index is 6.26. The van der Waals surface area contributed by atoms with Crippen LogP contribution in [0.3, 0.4) is 0 Å². The molecule has 1 N–H and O–H groups in total. The van der Waals surface area contributed by atoms with Gasteiger partial charge >= 0.3 is 0 Å². The molecule has 2 nitrogen and oxygen atoms in total. The second kappa shape index (κ2) is 5.57. The van der Waals surface area contributed by atoms with E-state index in [9.17, 15) is 0 Å². The summed E-state index contributed by atoms with van der Waals surface area (Å²) in [6.45, 7) is 4.34. The smallest absolute Gasteiger partial charge is 0.0514 e. The Bertz CT molecular complexity index is 389. The van der Waals surface area contributed by atoms with Gasteiger partial charge in [0.15, 0.2) is 0 Å². The molecule has 0 radical (unpaired) electrons. The average Bonchev–Trinajstić information content (AvgIpc) is 2.23. The zero-order chi connectivity index (χ0) is 13.2. The lowest BCUT2D eigenvalue weighted by molar-refractivity contribution is 0.142. The van der Waals surface area contributed by atoms with Crippen molar-refractivity contribution in [1.29, 1.82) is 0 Å². The molecule has 0 aliphatic carbocycles. The van der Waals surface area contributed by atoms with Crippen LogP contribution in [0, 0.1) is 0 Å². The lowest BCUT2D eigenvalue weighted by Crippen LogP contribution is -2.48. The van der Waals surface area contributed by atoms with Gasteiger partial charge in [0.2, 0.25) is 0 Å². The molecule has 17 heavy (non-hydrogen) atoms. The van der Waals surface area contributed by atoms with E-state index in [0.29, 0.717) is 5.02 Å². The van der Waals surface area contributed by atoms with Gasteiger partial charge in [-0.1, -0.05) is 23.2 Å². The van der Waals surface area contributed by atoms with Gasteiger partial charge in [-0.25, -0.2) is 0 Å². The predicted octanol–water partition coefficient (Wildman–Crippen LogP) is 3.59. The average molecular weight is 275 g/mol. The molecule has 1 aromatic rings. The van der Waals surface area contributed by atoms with Gasteiger partial charge in [-0.15, -0.1) is 0 Å². The van der Waals surface area contributed by atoms with E-state index in [-0.39, 0.29) is 11.6 Å². The quantitative estimate of drug-likeness (QED) is 0.903. The van der Waals surface area contributed by atoms with Crippen LogP contribution in [0.15, 0.2) is 18.2 Å². The minimum Gasteiger partial charge on any atom is -0.311 e. The lowest BCUT2D eigenvalue weighted by atomic mass is 9.87. The van der Waals surface area contributed by atoms with E-state index in [1.54, 1.807) is 0 Å². The first-order valence-electron chi connectivity index (χ1n) is 5.60. The van der Waals surface area contributed by atoms with Crippen molar-refractivity contribution in [2.45, 2.75) is 25.4 Å². The zero-order valence-corrected chi connectivity index (χ0v) is 12.5. The van der Waals surface area contributed by atoms with Gasteiger partial charge < -0.3 is 10.2 Å². The summed E-state index contributed by atoms with van der Waals surface area (Å²) in [7, 11) is 6.05. The molecule has 1 atom stereocenters. The molecule has 0 aliphatic rings. The molecule has 1 rings (SSSR count). The Labute approximate surface area is 114 Å². The van der Waals surface area contributed by atoms with E-state index in [1.165, 1.54) is 0 Å². The Hall–Kier alpha value is -0.280. The molecule has 0 heterocycles. The third-order valence-corrected chi connectivity index (χ3v) is 4.00. The summed E-state index contributed by atoms with van der Waals surface area (Å²) in [6.07, 6.45) is 0. The van der Waals surface area contributed by atoms with Gasteiger partial charge in [-0.3, -0.25) is 0 Å².